The van der Waals surface area contributed by atoms with Crippen LogP contribution in [0.4, 0.5) is 0 Å². The highest BCUT2D eigenvalue weighted by molar-refractivity contribution is 6.32. The van der Waals surface area contributed by atoms with E-state index in [1.54, 1.807) is 17.1 Å². The Morgan fingerprint density at radius 2 is 2.18 bits per heavy atom. The topological polar surface area (TPSA) is 39.1 Å². The number of aromatic nitrogens is 2. The van der Waals surface area contributed by atoms with Crippen LogP contribution in [-0.2, 0) is 0 Å². The molecule has 5 heteroatoms. The molecule has 0 amide bonds. The molecule has 1 aromatic carbocycles. The zero-order valence-corrected chi connectivity index (χ0v) is 10.5. The third-order valence-corrected chi connectivity index (χ3v) is 2.70. The van der Waals surface area contributed by atoms with Crippen LogP contribution >= 0.6 is 11.6 Å². The quantitative estimate of drug-likeness (QED) is 0.849. The van der Waals surface area contributed by atoms with E-state index in [-0.39, 0.29) is 6.23 Å². The summed E-state index contributed by atoms with van der Waals surface area (Å²) in [7, 11) is 1.84. The lowest BCUT2D eigenvalue weighted by molar-refractivity contribution is 0.193. The highest BCUT2D eigenvalue weighted by atomic mass is 35.5. The SMILES string of the molecule is CNC(C)Oc1cnn(-c2ccccc2Cl)c1. The van der Waals surface area contributed by atoms with Crippen molar-refractivity contribution in [3.05, 3.63) is 41.7 Å². The first-order valence-corrected chi connectivity index (χ1v) is 5.72. The maximum Gasteiger partial charge on any atom is 0.160 e. The molecule has 0 aliphatic heterocycles. The summed E-state index contributed by atoms with van der Waals surface area (Å²) in [6.07, 6.45) is 3.41. The van der Waals surface area contributed by atoms with Crippen molar-refractivity contribution in [3.8, 4) is 11.4 Å². The second kappa shape index (κ2) is 5.21. The van der Waals surface area contributed by atoms with Gasteiger partial charge >= 0.3 is 0 Å². The molecule has 0 aliphatic rings. The number of nitrogens with zero attached hydrogens (tertiary/aromatic N) is 2. The number of nitrogens with one attached hydrogen (secondary N) is 1. The van der Waals surface area contributed by atoms with Gasteiger partial charge in [-0.15, -0.1) is 0 Å². The van der Waals surface area contributed by atoms with Crippen LogP contribution < -0.4 is 10.1 Å². The molecule has 17 heavy (non-hydrogen) atoms. The number of rotatable bonds is 4. The summed E-state index contributed by atoms with van der Waals surface area (Å²) in [6.45, 7) is 1.92. The molecule has 4 nitrogen and oxygen atoms in total. The molecule has 2 aromatic rings. The van der Waals surface area contributed by atoms with Gasteiger partial charge in [-0.1, -0.05) is 23.7 Å². The van der Waals surface area contributed by atoms with Gasteiger partial charge < -0.3 is 4.74 Å². The fourth-order valence-corrected chi connectivity index (χ4v) is 1.62. The van der Waals surface area contributed by atoms with Gasteiger partial charge in [0.15, 0.2) is 5.75 Å². The van der Waals surface area contributed by atoms with E-state index >= 15 is 0 Å². The van der Waals surface area contributed by atoms with E-state index in [1.807, 2.05) is 38.2 Å². The van der Waals surface area contributed by atoms with Gasteiger partial charge in [-0.05, 0) is 26.1 Å². The van der Waals surface area contributed by atoms with Crippen LogP contribution in [-0.4, -0.2) is 23.1 Å². The Hall–Kier alpha value is -1.52. The summed E-state index contributed by atoms with van der Waals surface area (Å²) < 4.78 is 7.26. The van der Waals surface area contributed by atoms with Crippen molar-refractivity contribution in [1.82, 2.24) is 15.1 Å². The molecule has 0 aliphatic carbocycles. The monoisotopic (exact) mass is 251 g/mol. The van der Waals surface area contributed by atoms with E-state index < -0.39 is 0 Å². The van der Waals surface area contributed by atoms with E-state index in [1.165, 1.54) is 0 Å². The third-order valence-electron chi connectivity index (χ3n) is 2.38. The Kier molecular flexibility index (Phi) is 3.66. The van der Waals surface area contributed by atoms with Crippen LogP contribution in [0.1, 0.15) is 6.92 Å². The third kappa shape index (κ3) is 2.78. The normalized spacial score (nSPS) is 12.4. The lowest BCUT2D eigenvalue weighted by Gasteiger charge is -2.10. The van der Waals surface area contributed by atoms with Crippen molar-refractivity contribution in [2.45, 2.75) is 13.2 Å². The Bertz CT molecular complexity index is 498. The van der Waals surface area contributed by atoms with Gasteiger partial charge in [0.25, 0.3) is 0 Å². The number of ether oxygens (including phenoxy) is 1. The molecular formula is C12H14ClN3O. The lowest BCUT2D eigenvalue weighted by atomic mass is 10.3. The van der Waals surface area contributed by atoms with Gasteiger partial charge in [0.05, 0.1) is 23.1 Å². The molecule has 1 N–H and O–H groups in total. The molecule has 0 radical (unpaired) electrons. The predicted molar refractivity (Wildman–Crippen MR) is 67.7 cm³/mol. The number of para-hydroxylation sites is 1. The van der Waals surface area contributed by atoms with Gasteiger partial charge in [-0.25, -0.2) is 4.68 Å². The molecule has 1 aromatic heterocycles. The number of hydrogen-bond acceptors (Lipinski definition) is 3. The number of hydrogen-bond donors (Lipinski definition) is 1. The van der Waals surface area contributed by atoms with Crippen molar-refractivity contribution in [1.29, 1.82) is 0 Å². The highest BCUT2D eigenvalue weighted by Crippen LogP contribution is 2.21. The molecule has 0 saturated carbocycles. The van der Waals surface area contributed by atoms with Gasteiger partial charge in [0.1, 0.15) is 6.23 Å². The van der Waals surface area contributed by atoms with Crippen LogP contribution in [0.15, 0.2) is 36.7 Å². The maximum atomic E-state index is 6.09. The van der Waals surface area contributed by atoms with Crippen LogP contribution in [0.5, 0.6) is 5.75 Å². The van der Waals surface area contributed by atoms with E-state index in [4.69, 9.17) is 16.3 Å². The smallest absolute Gasteiger partial charge is 0.160 e. The zero-order chi connectivity index (χ0) is 12.3. The van der Waals surface area contributed by atoms with Crippen LogP contribution in [0, 0.1) is 0 Å². The zero-order valence-electron chi connectivity index (χ0n) is 9.72. The Morgan fingerprint density at radius 3 is 2.88 bits per heavy atom. The average Bonchev–Trinajstić information content (AvgIpc) is 2.78. The number of halogens is 1. The minimum absolute atomic E-state index is 0.0566. The van der Waals surface area contributed by atoms with Gasteiger partial charge in [-0.3, -0.25) is 5.32 Å². The molecule has 0 bridgehead atoms. The first kappa shape index (κ1) is 12.0. The molecule has 1 atom stereocenters. The summed E-state index contributed by atoms with van der Waals surface area (Å²) in [4.78, 5) is 0. The van der Waals surface area contributed by atoms with E-state index in [0.29, 0.717) is 10.8 Å². The lowest BCUT2D eigenvalue weighted by Crippen LogP contribution is -2.27. The fraction of sp³-hybridized carbons (Fsp3) is 0.250. The number of benzene rings is 1. The molecule has 1 heterocycles. The Morgan fingerprint density at radius 1 is 1.41 bits per heavy atom. The summed E-state index contributed by atoms with van der Waals surface area (Å²) in [5.74, 6) is 0.701. The fourth-order valence-electron chi connectivity index (χ4n) is 1.40. The van der Waals surface area contributed by atoms with Crippen LogP contribution in [0.25, 0.3) is 5.69 Å². The van der Waals surface area contributed by atoms with E-state index in [2.05, 4.69) is 10.4 Å². The van der Waals surface area contributed by atoms with E-state index in [9.17, 15) is 0 Å². The Labute approximate surface area is 105 Å². The molecule has 0 fully saturated rings. The van der Waals surface area contributed by atoms with Crippen LogP contribution in [0.3, 0.4) is 0 Å². The van der Waals surface area contributed by atoms with Crippen molar-refractivity contribution in [2.24, 2.45) is 0 Å². The summed E-state index contributed by atoms with van der Waals surface area (Å²) in [5, 5.41) is 7.86. The standard InChI is InChI=1S/C12H14ClN3O/c1-9(14-2)17-10-7-15-16(8-10)12-6-4-3-5-11(12)13/h3-9,14H,1-2H3. The molecule has 90 valence electrons. The molecule has 2 rings (SSSR count). The molecule has 1 unspecified atom stereocenters. The molecule has 0 saturated heterocycles. The summed E-state index contributed by atoms with van der Waals surface area (Å²) in [6, 6.07) is 7.53. The summed E-state index contributed by atoms with van der Waals surface area (Å²) in [5.41, 5.74) is 0.834. The average molecular weight is 252 g/mol. The van der Waals surface area contributed by atoms with E-state index in [0.717, 1.165) is 5.69 Å². The van der Waals surface area contributed by atoms with Gasteiger partial charge in [0.2, 0.25) is 0 Å². The predicted octanol–water partition coefficient (Wildman–Crippen LogP) is 2.47. The maximum absolute atomic E-state index is 6.09. The van der Waals surface area contributed by atoms with Crippen molar-refractivity contribution in [3.63, 3.8) is 0 Å². The highest BCUT2D eigenvalue weighted by Gasteiger charge is 2.06. The first-order valence-electron chi connectivity index (χ1n) is 5.34. The minimum atomic E-state index is -0.0566. The second-order valence-corrected chi connectivity index (χ2v) is 4.03. The molecule has 0 spiro atoms. The largest absolute Gasteiger partial charge is 0.472 e. The molecular weight excluding hydrogens is 238 g/mol. The van der Waals surface area contributed by atoms with Gasteiger partial charge in [-0.2, -0.15) is 5.10 Å². The van der Waals surface area contributed by atoms with Crippen molar-refractivity contribution in [2.75, 3.05) is 7.05 Å². The van der Waals surface area contributed by atoms with Crippen LogP contribution in [0.2, 0.25) is 5.02 Å². The summed E-state index contributed by atoms with van der Waals surface area (Å²) >= 11 is 6.09. The van der Waals surface area contributed by atoms with Crippen molar-refractivity contribution >= 4 is 11.6 Å². The Balaban J connectivity index is 2.21. The minimum Gasteiger partial charge on any atom is -0.472 e. The van der Waals surface area contributed by atoms with Gasteiger partial charge in [0, 0.05) is 0 Å². The second-order valence-electron chi connectivity index (χ2n) is 3.62. The first-order chi connectivity index (χ1) is 8.20. The van der Waals surface area contributed by atoms with Crippen molar-refractivity contribution < 1.29 is 4.74 Å².